The van der Waals surface area contributed by atoms with Crippen LogP contribution in [-0.2, 0) is 6.54 Å². The largest absolute Gasteiger partial charge is 0.348 e. The Balaban J connectivity index is 1.38. The molecular formula is C24H26ClN5OS2. The molecule has 0 radical (unpaired) electrons. The summed E-state index contributed by atoms with van der Waals surface area (Å²) in [5.41, 5.74) is 1.69. The number of fused-ring (bicyclic) bond motifs is 1. The van der Waals surface area contributed by atoms with Gasteiger partial charge in [-0.15, -0.1) is 21.5 Å². The number of rotatable bonds is 6. The maximum atomic E-state index is 13.3. The van der Waals surface area contributed by atoms with Crippen LogP contribution in [0.4, 0.5) is 0 Å². The number of para-hydroxylation sites is 1. The highest BCUT2D eigenvalue weighted by Crippen LogP contribution is 2.33. The predicted octanol–water partition coefficient (Wildman–Crippen LogP) is 5.53. The maximum Gasteiger partial charge on any atom is 0.268 e. The van der Waals surface area contributed by atoms with Crippen LogP contribution in [0.2, 0.25) is 4.34 Å². The molecule has 0 saturated carbocycles. The number of likely N-dealkylation sites (tertiary alicyclic amines) is 1. The third-order valence-corrected chi connectivity index (χ3v) is 8.49. The van der Waals surface area contributed by atoms with Gasteiger partial charge < -0.3 is 14.8 Å². The lowest BCUT2D eigenvalue weighted by atomic mass is 10.0. The molecular weight excluding hydrogens is 474 g/mol. The molecule has 1 N–H and O–H groups in total. The maximum absolute atomic E-state index is 13.3. The predicted molar refractivity (Wildman–Crippen MR) is 136 cm³/mol. The van der Waals surface area contributed by atoms with E-state index >= 15 is 0 Å². The first kappa shape index (κ1) is 22.5. The van der Waals surface area contributed by atoms with E-state index < -0.39 is 0 Å². The highest BCUT2D eigenvalue weighted by atomic mass is 35.5. The second-order valence-electron chi connectivity index (χ2n) is 8.66. The normalized spacial score (nSPS) is 15.5. The van der Waals surface area contributed by atoms with Gasteiger partial charge in [0, 0.05) is 36.1 Å². The topological polar surface area (TPSA) is 63.1 Å². The van der Waals surface area contributed by atoms with E-state index in [1.54, 1.807) is 0 Å². The monoisotopic (exact) mass is 499 g/mol. The van der Waals surface area contributed by atoms with Gasteiger partial charge in [-0.05, 0) is 51.0 Å². The Hall–Kier alpha value is -2.26. The van der Waals surface area contributed by atoms with Gasteiger partial charge in [0.05, 0.1) is 15.8 Å². The van der Waals surface area contributed by atoms with Crippen LogP contribution < -0.4 is 5.32 Å². The van der Waals surface area contributed by atoms with Crippen molar-refractivity contribution in [1.82, 2.24) is 25.0 Å². The van der Waals surface area contributed by atoms with Gasteiger partial charge in [-0.1, -0.05) is 41.1 Å². The lowest BCUT2D eigenvalue weighted by Crippen LogP contribution is -2.46. The van der Waals surface area contributed by atoms with Crippen molar-refractivity contribution < 1.29 is 4.79 Å². The van der Waals surface area contributed by atoms with E-state index in [4.69, 9.17) is 11.6 Å². The van der Waals surface area contributed by atoms with E-state index in [-0.39, 0.29) is 11.9 Å². The van der Waals surface area contributed by atoms with Crippen LogP contribution in [-0.4, -0.2) is 50.7 Å². The summed E-state index contributed by atoms with van der Waals surface area (Å²) in [4.78, 5) is 16.8. The zero-order valence-corrected chi connectivity index (χ0v) is 21.0. The highest BCUT2D eigenvalue weighted by Gasteiger charge is 2.24. The Morgan fingerprint density at radius 3 is 2.67 bits per heavy atom. The molecule has 0 atom stereocenters. The van der Waals surface area contributed by atoms with Gasteiger partial charge in [-0.25, -0.2) is 0 Å². The van der Waals surface area contributed by atoms with Crippen molar-refractivity contribution in [2.24, 2.45) is 0 Å². The SMILES string of the molecule is CC(C)N1CCC(NC(=O)c2cc3ccccc3n2Cc2nnc(-c3ccc(Cl)s3)s2)CC1. The first-order valence-electron chi connectivity index (χ1n) is 11.2. The first-order chi connectivity index (χ1) is 16.0. The molecule has 1 fully saturated rings. The third-order valence-electron chi connectivity index (χ3n) is 6.18. The van der Waals surface area contributed by atoms with Crippen LogP contribution in [0.15, 0.2) is 42.5 Å². The van der Waals surface area contributed by atoms with Crippen molar-refractivity contribution in [2.75, 3.05) is 13.1 Å². The average Bonchev–Trinajstić information content (AvgIpc) is 3.53. The zero-order chi connectivity index (χ0) is 22.9. The number of amides is 1. The second kappa shape index (κ2) is 9.54. The molecule has 1 aromatic carbocycles. The molecule has 1 amide bonds. The van der Waals surface area contributed by atoms with Crippen molar-refractivity contribution in [3.63, 3.8) is 0 Å². The molecule has 9 heteroatoms. The number of piperidine rings is 1. The number of nitrogens with zero attached hydrogens (tertiary/aromatic N) is 4. The third kappa shape index (κ3) is 4.84. The molecule has 6 nitrogen and oxygen atoms in total. The van der Waals surface area contributed by atoms with Gasteiger partial charge in [0.2, 0.25) is 0 Å². The summed E-state index contributed by atoms with van der Waals surface area (Å²) in [5.74, 6) is -0.0241. The van der Waals surface area contributed by atoms with Crippen molar-refractivity contribution in [3.05, 3.63) is 57.5 Å². The van der Waals surface area contributed by atoms with Gasteiger partial charge >= 0.3 is 0 Å². The van der Waals surface area contributed by atoms with Gasteiger partial charge in [-0.3, -0.25) is 4.79 Å². The van der Waals surface area contributed by atoms with E-state index in [1.807, 2.05) is 42.5 Å². The molecule has 1 aliphatic heterocycles. The molecule has 172 valence electrons. The minimum atomic E-state index is -0.0241. The van der Waals surface area contributed by atoms with E-state index in [9.17, 15) is 4.79 Å². The number of hydrogen-bond donors (Lipinski definition) is 1. The van der Waals surface area contributed by atoms with Gasteiger partial charge in [0.15, 0.2) is 5.01 Å². The van der Waals surface area contributed by atoms with Crippen molar-refractivity contribution >= 4 is 51.1 Å². The van der Waals surface area contributed by atoms with E-state index in [1.165, 1.54) is 22.7 Å². The van der Waals surface area contributed by atoms with Gasteiger partial charge in [0.1, 0.15) is 10.7 Å². The average molecular weight is 500 g/mol. The first-order valence-corrected chi connectivity index (χ1v) is 13.2. The van der Waals surface area contributed by atoms with Crippen LogP contribution in [0.25, 0.3) is 20.8 Å². The van der Waals surface area contributed by atoms with Crippen LogP contribution in [0.1, 0.15) is 42.2 Å². The molecule has 1 saturated heterocycles. The Labute approximate surface area is 206 Å². The van der Waals surface area contributed by atoms with Crippen LogP contribution in [0.5, 0.6) is 0 Å². The summed E-state index contributed by atoms with van der Waals surface area (Å²) in [6.07, 6.45) is 1.96. The summed E-state index contributed by atoms with van der Waals surface area (Å²) < 4.78 is 2.79. The van der Waals surface area contributed by atoms with Gasteiger partial charge in [-0.2, -0.15) is 0 Å². The number of benzene rings is 1. The number of thiophene rings is 1. The number of carbonyl (C=O) groups excluding carboxylic acids is 1. The number of aromatic nitrogens is 3. The Kier molecular flexibility index (Phi) is 6.51. The van der Waals surface area contributed by atoms with E-state index in [0.717, 1.165) is 56.1 Å². The number of nitrogens with one attached hydrogen (secondary N) is 1. The minimum absolute atomic E-state index is 0.0241. The summed E-state index contributed by atoms with van der Waals surface area (Å²) in [6, 6.07) is 14.7. The lowest BCUT2D eigenvalue weighted by Gasteiger charge is -2.34. The Morgan fingerprint density at radius 2 is 1.94 bits per heavy atom. The molecule has 4 aromatic rings. The Morgan fingerprint density at radius 1 is 1.15 bits per heavy atom. The van der Waals surface area contributed by atoms with Crippen LogP contribution >= 0.6 is 34.3 Å². The summed E-state index contributed by atoms with van der Waals surface area (Å²) in [5, 5.41) is 14.8. The zero-order valence-electron chi connectivity index (χ0n) is 18.6. The number of hydrogen-bond acceptors (Lipinski definition) is 6. The van der Waals surface area contributed by atoms with Crippen molar-refractivity contribution in [1.29, 1.82) is 0 Å². The van der Waals surface area contributed by atoms with Crippen LogP contribution in [0, 0.1) is 0 Å². The molecule has 33 heavy (non-hydrogen) atoms. The van der Waals surface area contributed by atoms with Gasteiger partial charge in [0.25, 0.3) is 5.91 Å². The molecule has 0 aliphatic carbocycles. The number of halogens is 1. The van der Waals surface area contributed by atoms with Crippen molar-refractivity contribution in [2.45, 2.75) is 45.3 Å². The van der Waals surface area contributed by atoms with E-state index in [2.05, 4.69) is 38.8 Å². The molecule has 0 bridgehead atoms. The summed E-state index contributed by atoms with van der Waals surface area (Å²) in [6.45, 7) is 6.99. The summed E-state index contributed by atoms with van der Waals surface area (Å²) in [7, 11) is 0. The van der Waals surface area contributed by atoms with E-state index in [0.29, 0.717) is 18.3 Å². The quantitative estimate of drug-likeness (QED) is 0.379. The Bertz CT molecular complexity index is 1270. The molecule has 0 unspecified atom stereocenters. The fourth-order valence-corrected chi connectivity index (χ4v) is 6.29. The fraction of sp³-hybridized carbons (Fsp3) is 0.375. The molecule has 0 spiro atoms. The highest BCUT2D eigenvalue weighted by molar-refractivity contribution is 7.23. The van der Waals surface area contributed by atoms with Crippen molar-refractivity contribution in [3.8, 4) is 9.88 Å². The lowest BCUT2D eigenvalue weighted by molar-refractivity contribution is 0.0892. The molecule has 3 aromatic heterocycles. The van der Waals surface area contributed by atoms with Crippen LogP contribution in [0.3, 0.4) is 0 Å². The number of carbonyl (C=O) groups is 1. The second-order valence-corrected chi connectivity index (χ2v) is 11.4. The molecule has 5 rings (SSSR count). The fourth-order valence-electron chi connectivity index (χ4n) is 4.37. The molecule has 1 aliphatic rings. The smallest absolute Gasteiger partial charge is 0.268 e. The standard InChI is InChI=1S/C24H26ClN5OS2/c1-15(2)29-11-9-17(10-12-29)26-23(31)19-13-16-5-3-4-6-18(16)30(19)14-22-27-28-24(33-22)20-7-8-21(25)32-20/h3-8,13,15,17H,9-12,14H2,1-2H3,(H,26,31). The summed E-state index contributed by atoms with van der Waals surface area (Å²) >= 11 is 9.11. The minimum Gasteiger partial charge on any atom is -0.348 e. The molecule has 4 heterocycles.